The highest BCUT2D eigenvalue weighted by atomic mass is 32.1. The van der Waals surface area contributed by atoms with Gasteiger partial charge in [0.15, 0.2) is 0 Å². The van der Waals surface area contributed by atoms with Crippen LogP contribution in [0, 0.1) is 0 Å². The van der Waals surface area contributed by atoms with Crippen LogP contribution in [0.2, 0.25) is 0 Å². The molecule has 126 valence electrons. The highest BCUT2D eigenvalue weighted by Crippen LogP contribution is 2.34. The molecule has 3 rings (SSSR count). The van der Waals surface area contributed by atoms with E-state index in [1.54, 1.807) is 24.3 Å². The summed E-state index contributed by atoms with van der Waals surface area (Å²) in [7, 11) is 0. The Morgan fingerprint density at radius 1 is 0.708 bits per heavy atom. The van der Waals surface area contributed by atoms with Crippen molar-refractivity contribution in [3.8, 4) is 0 Å². The summed E-state index contributed by atoms with van der Waals surface area (Å²) in [4.78, 5) is 49.7. The third kappa shape index (κ3) is 2.95. The maximum Gasteiger partial charge on any atom is 0.230 e. The number of benzene rings is 1. The minimum Gasteiger partial charge on any atom is -0.274 e. The Bertz CT molecular complexity index is 647. The van der Waals surface area contributed by atoms with E-state index in [2.05, 4.69) is 25.3 Å². The second kappa shape index (κ2) is 6.60. The molecule has 8 heteroatoms. The molecule has 0 aliphatic carbocycles. The summed E-state index contributed by atoms with van der Waals surface area (Å²) in [5.41, 5.74) is 1.27. The number of rotatable bonds is 4. The molecule has 2 atom stereocenters. The van der Waals surface area contributed by atoms with Crippen molar-refractivity contribution in [1.29, 1.82) is 0 Å². The Labute approximate surface area is 150 Å². The Kier molecular flexibility index (Phi) is 4.69. The van der Waals surface area contributed by atoms with Crippen molar-refractivity contribution in [2.75, 3.05) is 0 Å². The molecule has 2 aliphatic rings. The lowest BCUT2D eigenvalue weighted by Crippen LogP contribution is -2.32. The normalized spacial score (nSPS) is 20.9. The Morgan fingerprint density at radius 3 is 1.38 bits per heavy atom. The zero-order valence-corrected chi connectivity index (χ0v) is 14.5. The SMILES string of the molecule is O=C1CCC(=O)N1C(S)c1cccc(C(S)N2C(=O)CCC2=O)c1. The van der Waals surface area contributed by atoms with E-state index in [9.17, 15) is 19.2 Å². The van der Waals surface area contributed by atoms with Crippen LogP contribution in [0.25, 0.3) is 0 Å². The number of nitrogens with zero attached hydrogens (tertiary/aromatic N) is 2. The first-order valence-electron chi connectivity index (χ1n) is 7.56. The first kappa shape index (κ1) is 17.0. The second-order valence-electron chi connectivity index (χ2n) is 5.73. The van der Waals surface area contributed by atoms with Gasteiger partial charge in [-0.05, 0) is 17.2 Å². The Balaban J connectivity index is 1.86. The molecule has 2 unspecified atom stereocenters. The third-order valence-corrected chi connectivity index (χ3v) is 5.23. The maximum absolute atomic E-state index is 11.9. The van der Waals surface area contributed by atoms with Crippen molar-refractivity contribution in [3.63, 3.8) is 0 Å². The van der Waals surface area contributed by atoms with Gasteiger partial charge in [-0.3, -0.25) is 29.0 Å². The predicted molar refractivity (Wildman–Crippen MR) is 92.1 cm³/mol. The fourth-order valence-electron chi connectivity index (χ4n) is 2.91. The number of amides is 4. The van der Waals surface area contributed by atoms with E-state index >= 15 is 0 Å². The lowest BCUT2D eigenvalue weighted by atomic mass is 10.1. The van der Waals surface area contributed by atoms with E-state index in [1.165, 1.54) is 0 Å². The van der Waals surface area contributed by atoms with Crippen molar-refractivity contribution >= 4 is 48.9 Å². The zero-order chi connectivity index (χ0) is 17.4. The van der Waals surface area contributed by atoms with Crippen LogP contribution in [0.1, 0.15) is 47.6 Å². The van der Waals surface area contributed by atoms with Crippen LogP contribution in [0.3, 0.4) is 0 Å². The lowest BCUT2D eigenvalue weighted by molar-refractivity contribution is -0.140. The highest BCUT2D eigenvalue weighted by Gasteiger charge is 2.36. The standard InChI is InChI=1S/C16H16N2O4S2/c19-11-4-5-12(20)17(11)15(23)9-2-1-3-10(8-9)16(24)18-13(21)6-7-14(18)22/h1-3,8,15-16,23-24H,4-7H2. The van der Waals surface area contributed by atoms with Crippen LogP contribution in [-0.4, -0.2) is 33.4 Å². The topological polar surface area (TPSA) is 74.8 Å². The monoisotopic (exact) mass is 364 g/mol. The minimum atomic E-state index is -0.696. The molecule has 2 aliphatic heterocycles. The summed E-state index contributed by atoms with van der Waals surface area (Å²) < 4.78 is 0. The van der Waals surface area contributed by atoms with Crippen LogP contribution in [0.15, 0.2) is 24.3 Å². The average molecular weight is 364 g/mol. The molecule has 0 radical (unpaired) electrons. The molecule has 6 nitrogen and oxygen atoms in total. The molecule has 0 spiro atoms. The molecule has 1 aromatic carbocycles. The highest BCUT2D eigenvalue weighted by molar-refractivity contribution is 7.80. The van der Waals surface area contributed by atoms with Gasteiger partial charge in [0.25, 0.3) is 0 Å². The van der Waals surface area contributed by atoms with Crippen molar-refractivity contribution in [3.05, 3.63) is 35.4 Å². The van der Waals surface area contributed by atoms with Gasteiger partial charge < -0.3 is 0 Å². The number of thiol groups is 2. The van der Waals surface area contributed by atoms with Gasteiger partial charge in [-0.15, -0.1) is 25.3 Å². The fraction of sp³-hybridized carbons (Fsp3) is 0.375. The number of carbonyl (C=O) groups excluding carboxylic acids is 4. The van der Waals surface area contributed by atoms with E-state index in [0.29, 0.717) is 11.1 Å². The smallest absolute Gasteiger partial charge is 0.230 e. The van der Waals surface area contributed by atoms with Gasteiger partial charge in [-0.2, -0.15) is 0 Å². The van der Waals surface area contributed by atoms with Crippen molar-refractivity contribution in [2.24, 2.45) is 0 Å². The van der Waals surface area contributed by atoms with E-state index < -0.39 is 10.7 Å². The summed E-state index contributed by atoms with van der Waals surface area (Å²) in [6, 6.07) is 6.93. The zero-order valence-electron chi connectivity index (χ0n) is 12.7. The van der Waals surface area contributed by atoms with Gasteiger partial charge in [0.05, 0.1) is 0 Å². The van der Waals surface area contributed by atoms with Gasteiger partial charge in [0.2, 0.25) is 23.6 Å². The summed E-state index contributed by atoms with van der Waals surface area (Å²) in [5, 5.41) is -1.39. The summed E-state index contributed by atoms with van der Waals surface area (Å²) in [5.74, 6) is -1.01. The molecule has 2 heterocycles. The first-order chi connectivity index (χ1) is 11.4. The van der Waals surface area contributed by atoms with Crippen LogP contribution in [0.4, 0.5) is 0 Å². The number of likely N-dealkylation sites (tertiary alicyclic amines) is 2. The number of hydrogen-bond acceptors (Lipinski definition) is 6. The Hall–Kier alpha value is -1.80. The molecule has 0 N–H and O–H groups in total. The van der Waals surface area contributed by atoms with Gasteiger partial charge in [-0.25, -0.2) is 0 Å². The van der Waals surface area contributed by atoms with Crippen molar-refractivity contribution in [2.45, 2.75) is 36.4 Å². The lowest BCUT2D eigenvalue weighted by Gasteiger charge is -2.25. The minimum absolute atomic E-state index is 0.196. The maximum atomic E-state index is 11.9. The summed E-state index contributed by atoms with van der Waals surface area (Å²) in [6.07, 6.45) is 0.784. The molecule has 1 aromatic rings. The third-order valence-electron chi connectivity index (χ3n) is 4.18. The van der Waals surface area contributed by atoms with Crippen LogP contribution < -0.4 is 0 Å². The fourth-order valence-corrected chi connectivity index (χ4v) is 3.75. The molecule has 2 saturated heterocycles. The molecular weight excluding hydrogens is 348 g/mol. The molecule has 0 bridgehead atoms. The van der Waals surface area contributed by atoms with Gasteiger partial charge in [0.1, 0.15) is 10.7 Å². The largest absolute Gasteiger partial charge is 0.274 e. The van der Waals surface area contributed by atoms with E-state index in [4.69, 9.17) is 0 Å². The molecule has 0 aromatic heterocycles. The summed E-state index contributed by atoms with van der Waals surface area (Å²) in [6.45, 7) is 0. The van der Waals surface area contributed by atoms with Crippen LogP contribution in [-0.2, 0) is 19.2 Å². The molecule has 0 saturated carbocycles. The van der Waals surface area contributed by atoms with Crippen molar-refractivity contribution < 1.29 is 19.2 Å². The average Bonchev–Trinajstić information content (AvgIpc) is 3.08. The molecular formula is C16H16N2O4S2. The first-order valence-corrected chi connectivity index (χ1v) is 8.59. The molecule has 4 amide bonds. The molecule has 24 heavy (non-hydrogen) atoms. The van der Waals surface area contributed by atoms with Crippen molar-refractivity contribution in [1.82, 2.24) is 9.80 Å². The number of imide groups is 2. The van der Waals surface area contributed by atoms with E-state index in [-0.39, 0.29) is 49.3 Å². The van der Waals surface area contributed by atoms with E-state index in [0.717, 1.165) is 9.80 Å². The quantitative estimate of drug-likeness (QED) is 0.632. The van der Waals surface area contributed by atoms with Gasteiger partial charge >= 0.3 is 0 Å². The second-order valence-corrected chi connectivity index (χ2v) is 6.71. The van der Waals surface area contributed by atoms with Crippen LogP contribution >= 0.6 is 25.3 Å². The van der Waals surface area contributed by atoms with Crippen LogP contribution in [0.5, 0.6) is 0 Å². The predicted octanol–water partition coefficient (Wildman–Crippen LogP) is 1.84. The number of hydrogen-bond donors (Lipinski definition) is 2. The van der Waals surface area contributed by atoms with E-state index in [1.807, 2.05) is 0 Å². The Morgan fingerprint density at radius 2 is 1.04 bits per heavy atom. The summed E-state index contributed by atoms with van der Waals surface area (Å²) >= 11 is 8.81. The molecule has 2 fully saturated rings. The van der Waals surface area contributed by atoms with Gasteiger partial charge in [0, 0.05) is 25.7 Å². The van der Waals surface area contributed by atoms with Gasteiger partial charge in [-0.1, -0.05) is 18.2 Å². The number of carbonyl (C=O) groups is 4.